The molecular weight excluding hydrogens is 1130 g/mol. The number of nitrogens with two attached hydrogens (primary N) is 2. The molecule has 11 atom stereocenters. The summed E-state index contributed by atoms with van der Waals surface area (Å²) in [7, 11) is -9.43. The highest BCUT2D eigenvalue weighted by atomic mass is 31.2. The molecule has 0 aliphatic carbocycles. The summed E-state index contributed by atoms with van der Waals surface area (Å²) >= 11 is 0. The van der Waals surface area contributed by atoms with Crippen LogP contribution in [0.15, 0.2) is 109 Å². The summed E-state index contributed by atoms with van der Waals surface area (Å²) in [5.41, 5.74) is 13.3. The molecule has 0 saturated carbocycles. The van der Waals surface area contributed by atoms with Gasteiger partial charge in [-0.05, 0) is 66.3 Å². The summed E-state index contributed by atoms with van der Waals surface area (Å²) in [6.07, 6.45) is -10.8. The van der Waals surface area contributed by atoms with E-state index in [0.717, 1.165) is 21.4 Å². The average molecular weight is 1180 g/mol. The standard InChI is InChI=1S/C50H57FN10O19P2/c1-59(50(66)73-23-30-11-16-32(17-12-30)57-37(62)22-29-9-14-31(51)15-10-29)33(18-13-28-6-3-2-4-7-28)48(64)79-41-34(76-46(40(41)63)61-27-56-39-44(53)54-26-55-45(39)61)25-75-82(70,71)80-42-35(24-74-81(67,68)69)77-47(43(42)78-38-8-5-21-72-38)60-20-19-36(52)58-49(60)65/h2-4,6-7,9-12,14-17,19-20,26-27,33-35,38,40-43,46-47,63H,5,8,13,18,21-25H2,1H3,(H,57,62)(H,70,71)(H2,52,58,65)(H2,53,54,55)(H2,67,68,69)/t33-,34+,35+,38?,40?,41?,42+,43+,46+,47+/m0/s1. The Morgan fingerprint density at radius 2 is 1.57 bits per heavy atom. The van der Waals surface area contributed by atoms with E-state index in [0.29, 0.717) is 29.7 Å². The van der Waals surface area contributed by atoms with E-state index in [4.69, 9.17) is 53.5 Å². The molecule has 0 spiro atoms. The van der Waals surface area contributed by atoms with Gasteiger partial charge in [-0.2, -0.15) is 4.98 Å². The number of phosphoric acid groups is 2. The zero-order valence-corrected chi connectivity index (χ0v) is 45.2. The topological polar surface area (TPSA) is 395 Å². The van der Waals surface area contributed by atoms with Crippen LogP contribution in [0.25, 0.3) is 11.2 Å². The number of aryl methyl sites for hydroxylation is 1. The Bertz CT molecular complexity index is 3360. The Kier molecular flexibility index (Phi) is 18.8. The summed E-state index contributed by atoms with van der Waals surface area (Å²) in [4.78, 5) is 102. The van der Waals surface area contributed by atoms with E-state index in [1.165, 1.54) is 54.5 Å². The van der Waals surface area contributed by atoms with Gasteiger partial charge < -0.3 is 65.0 Å². The number of nitrogens with zero attached hydrogens (tertiary/aromatic N) is 7. The monoisotopic (exact) mass is 1180 g/mol. The van der Waals surface area contributed by atoms with Crippen LogP contribution in [0.1, 0.15) is 48.4 Å². The molecule has 3 saturated heterocycles. The molecule has 0 bridgehead atoms. The first-order valence-electron chi connectivity index (χ1n) is 25.4. The molecule has 3 aliphatic heterocycles. The highest BCUT2D eigenvalue weighted by Crippen LogP contribution is 2.51. The van der Waals surface area contributed by atoms with Gasteiger partial charge in [0.1, 0.15) is 66.6 Å². The van der Waals surface area contributed by atoms with E-state index in [-0.39, 0.29) is 61.2 Å². The largest absolute Gasteiger partial charge is 0.472 e. The predicted molar refractivity (Wildman–Crippen MR) is 281 cm³/mol. The number of phosphoric ester groups is 2. The lowest BCUT2D eigenvalue weighted by molar-refractivity contribution is -0.181. The van der Waals surface area contributed by atoms with E-state index < -0.39 is 114 Å². The maximum atomic E-state index is 14.6. The third-order valence-electron chi connectivity index (χ3n) is 13.3. The van der Waals surface area contributed by atoms with Crippen LogP contribution < -0.4 is 22.5 Å². The van der Waals surface area contributed by atoms with Gasteiger partial charge in [0.2, 0.25) is 5.91 Å². The van der Waals surface area contributed by atoms with Crippen LogP contribution >= 0.6 is 15.6 Å². The second-order valence-corrected chi connectivity index (χ2v) is 21.7. The summed E-state index contributed by atoms with van der Waals surface area (Å²) in [5.74, 6) is -2.05. The molecule has 438 valence electrons. The van der Waals surface area contributed by atoms with Crippen molar-refractivity contribution >= 4 is 62.1 Å². The number of nitrogens with one attached hydrogen (secondary N) is 1. The fourth-order valence-electron chi connectivity index (χ4n) is 9.28. The van der Waals surface area contributed by atoms with Gasteiger partial charge in [-0.3, -0.25) is 32.4 Å². The lowest BCUT2D eigenvalue weighted by atomic mass is 10.0. The number of carbonyl (C=O) groups is 3. The molecule has 4 unspecified atom stereocenters. The normalized spacial score (nSPS) is 23.8. The van der Waals surface area contributed by atoms with Crippen LogP contribution in [0, 0.1) is 5.82 Å². The predicted octanol–water partition coefficient (Wildman–Crippen LogP) is 3.04. The number of aromatic nitrogens is 6. The zero-order chi connectivity index (χ0) is 58.3. The number of imidazole rings is 1. The number of hydrogen-bond acceptors (Lipinski definition) is 22. The van der Waals surface area contributed by atoms with Crippen LogP contribution in [0.2, 0.25) is 0 Å². The summed E-state index contributed by atoms with van der Waals surface area (Å²) < 4.78 is 93.3. The quantitative estimate of drug-likeness (QED) is 0.0358. The van der Waals surface area contributed by atoms with Gasteiger partial charge in [0.05, 0.1) is 26.0 Å². The minimum absolute atomic E-state index is 0.000302. The Balaban J connectivity index is 0.939. The zero-order valence-electron chi connectivity index (χ0n) is 43.4. The first kappa shape index (κ1) is 59.5. The second-order valence-electron chi connectivity index (χ2n) is 19.1. The molecule has 6 heterocycles. The maximum Gasteiger partial charge on any atom is 0.472 e. The Hall–Kier alpha value is -7.15. The number of halogens is 1. The van der Waals surface area contributed by atoms with Gasteiger partial charge in [-0.15, -0.1) is 0 Å². The molecule has 9 N–H and O–H groups in total. The highest BCUT2D eigenvalue weighted by molar-refractivity contribution is 7.47. The molecule has 6 aromatic rings. The molecule has 3 aromatic carbocycles. The van der Waals surface area contributed by atoms with Crippen LogP contribution in [0.5, 0.6) is 0 Å². The third-order valence-corrected chi connectivity index (χ3v) is 14.8. The molecule has 3 fully saturated rings. The number of esters is 1. The SMILES string of the molecule is CN(C(=O)OCc1ccc(NC(=O)Cc2ccc(F)cc2)cc1)[C@@H](CCc1ccccc1)C(=O)OC1C(O)[C@H](n2cnc3c(N)ncnc32)O[C@@H]1COP(=O)(O)O[C@H]1[C@@H](OC2CCCO2)[C@H](n2ccc(N)nc2=O)O[C@@H]1COP(=O)(O)O. The molecule has 82 heavy (non-hydrogen) atoms. The number of carbonyl (C=O) groups excluding carboxylic acids is 3. The van der Waals surface area contributed by atoms with Crippen molar-refractivity contribution in [3.05, 3.63) is 137 Å². The van der Waals surface area contributed by atoms with Gasteiger partial charge in [-0.1, -0.05) is 54.6 Å². The van der Waals surface area contributed by atoms with Crippen molar-refractivity contribution < 1.29 is 89.7 Å². The van der Waals surface area contributed by atoms with E-state index >= 15 is 0 Å². The van der Waals surface area contributed by atoms with E-state index in [1.807, 2.05) is 0 Å². The maximum absolute atomic E-state index is 14.6. The van der Waals surface area contributed by atoms with Gasteiger partial charge in [0, 0.05) is 32.0 Å². The van der Waals surface area contributed by atoms with Crippen molar-refractivity contribution in [2.24, 2.45) is 0 Å². The molecule has 0 radical (unpaired) electrons. The van der Waals surface area contributed by atoms with Gasteiger partial charge >= 0.3 is 33.4 Å². The number of fused-ring (bicyclic) bond motifs is 1. The Morgan fingerprint density at radius 3 is 2.28 bits per heavy atom. The van der Waals surface area contributed by atoms with Crippen LogP contribution in [0.4, 0.5) is 26.5 Å². The van der Waals surface area contributed by atoms with Crippen molar-refractivity contribution in [1.82, 2.24) is 34.0 Å². The number of amides is 2. The van der Waals surface area contributed by atoms with Crippen LogP contribution in [-0.2, 0) is 80.2 Å². The van der Waals surface area contributed by atoms with Crippen molar-refractivity contribution in [3.8, 4) is 0 Å². The Morgan fingerprint density at radius 1 is 0.866 bits per heavy atom. The van der Waals surface area contributed by atoms with E-state index in [2.05, 4.69) is 25.3 Å². The first-order valence-corrected chi connectivity index (χ1v) is 28.4. The smallest absolute Gasteiger partial charge is 0.455 e. The number of aliphatic hydroxyl groups excluding tert-OH is 1. The molecule has 3 aliphatic rings. The number of rotatable bonds is 23. The molecule has 3 aromatic heterocycles. The van der Waals surface area contributed by atoms with Crippen LogP contribution in [0.3, 0.4) is 0 Å². The molecule has 29 nitrogen and oxygen atoms in total. The molecule has 2 amide bonds. The molecule has 9 rings (SSSR count). The lowest BCUT2D eigenvalue weighted by Gasteiger charge is -2.30. The van der Waals surface area contributed by atoms with E-state index in [9.17, 15) is 52.5 Å². The average Bonchev–Trinajstić information content (AvgIpc) is 4.06. The highest BCUT2D eigenvalue weighted by Gasteiger charge is 2.54. The number of hydrogen-bond donors (Lipinski definition) is 7. The van der Waals surface area contributed by atoms with E-state index in [1.54, 1.807) is 54.6 Å². The minimum atomic E-state index is -5.50. The third kappa shape index (κ3) is 14.9. The number of anilines is 3. The fourth-order valence-corrected chi connectivity index (χ4v) is 10.6. The number of likely N-dealkylation sites (N-methyl/N-ethyl adjacent to an activating group) is 1. The molecule has 32 heteroatoms. The lowest BCUT2D eigenvalue weighted by Crippen LogP contribution is -2.47. The van der Waals surface area contributed by atoms with Crippen molar-refractivity contribution in [2.75, 3.05) is 43.7 Å². The number of nitrogen functional groups attached to an aromatic ring is 2. The number of ether oxygens (including phenoxy) is 6. The fraction of sp³-hybridized carbons (Fsp3) is 0.400. The summed E-state index contributed by atoms with van der Waals surface area (Å²) in [6, 6.07) is 20.7. The number of aliphatic hydroxyl groups is 1. The molecular formula is C50H57FN10O19P2. The number of benzene rings is 3. The Labute approximate surface area is 465 Å². The summed E-state index contributed by atoms with van der Waals surface area (Å²) in [6.45, 7) is -1.99. The minimum Gasteiger partial charge on any atom is -0.455 e. The van der Waals surface area contributed by atoms with Crippen molar-refractivity contribution in [3.63, 3.8) is 0 Å². The van der Waals surface area contributed by atoms with Gasteiger partial charge in [-0.25, -0.2) is 42.9 Å². The second kappa shape index (κ2) is 26.0. The summed E-state index contributed by atoms with van der Waals surface area (Å²) in [5, 5.41) is 14.8. The van der Waals surface area contributed by atoms with Gasteiger partial charge in [0.15, 0.2) is 36.3 Å². The van der Waals surface area contributed by atoms with Gasteiger partial charge in [0.25, 0.3) is 0 Å². The van der Waals surface area contributed by atoms with Crippen molar-refractivity contribution in [2.45, 2.75) is 100 Å². The van der Waals surface area contributed by atoms with Crippen LogP contribution in [-0.4, -0.2) is 148 Å². The first-order chi connectivity index (χ1) is 39.2. The van der Waals surface area contributed by atoms with Crippen molar-refractivity contribution in [1.29, 1.82) is 0 Å².